The molecule has 1 aromatic rings. The fraction of sp³-hybridized carbons (Fsp3) is 0.571. The second-order valence-electron chi connectivity index (χ2n) is 5.34. The highest BCUT2D eigenvalue weighted by atomic mass is 19.1. The quantitative estimate of drug-likeness (QED) is 0.891. The number of nitrogens with two attached hydrogens (primary N) is 1. The number of halogens is 1. The van der Waals surface area contributed by atoms with E-state index in [0.717, 1.165) is 30.8 Å². The van der Waals surface area contributed by atoms with Gasteiger partial charge < -0.3 is 15.5 Å². The molecule has 2 atom stereocenters. The van der Waals surface area contributed by atoms with Crippen LogP contribution in [0.25, 0.3) is 0 Å². The van der Waals surface area contributed by atoms with Crippen LogP contribution in [0.3, 0.4) is 0 Å². The van der Waals surface area contributed by atoms with E-state index in [2.05, 4.69) is 23.9 Å². The molecule has 0 saturated carbocycles. The van der Waals surface area contributed by atoms with Gasteiger partial charge >= 0.3 is 0 Å². The standard InChI is InChI=1S/C14H22FN3/c1-10(16)13-8-11(15)4-5-14(13)18-7-6-12(9-18)17(2)3/h4-5,8,10,12H,6-7,9,16H2,1-3H3/t10-,12?/m1/s1. The van der Waals surface area contributed by atoms with Gasteiger partial charge in [-0.1, -0.05) is 0 Å². The van der Waals surface area contributed by atoms with Crippen molar-refractivity contribution in [3.63, 3.8) is 0 Å². The monoisotopic (exact) mass is 251 g/mol. The lowest BCUT2D eigenvalue weighted by molar-refractivity contribution is 0.315. The largest absolute Gasteiger partial charge is 0.370 e. The lowest BCUT2D eigenvalue weighted by Crippen LogP contribution is -2.32. The Labute approximate surface area is 108 Å². The van der Waals surface area contributed by atoms with Crippen molar-refractivity contribution >= 4 is 5.69 Å². The van der Waals surface area contributed by atoms with E-state index < -0.39 is 0 Å². The Morgan fingerprint density at radius 1 is 1.44 bits per heavy atom. The second-order valence-corrected chi connectivity index (χ2v) is 5.34. The van der Waals surface area contributed by atoms with Crippen molar-refractivity contribution in [2.24, 2.45) is 5.73 Å². The third-order valence-electron chi connectivity index (χ3n) is 3.71. The van der Waals surface area contributed by atoms with Crippen molar-refractivity contribution in [3.8, 4) is 0 Å². The molecule has 1 saturated heterocycles. The number of hydrogen-bond donors (Lipinski definition) is 1. The van der Waals surface area contributed by atoms with Gasteiger partial charge in [-0.3, -0.25) is 0 Å². The summed E-state index contributed by atoms with van der Waals surface area (Å²) in [5.74, 6) is -0.214. The molecule has 1 unspecified atom stereocenters. The molecule has 2 N–H and O–H groups in total. The smallest absolute Gasteiger partial charge is 0.123 e. The van der Waals surface area contributed by atoms with Crippen molar-refractivity contribution in [1.29, 1.82) is 0 Å². The lowest BCUT2D eigenvalue weighted by Gasteiger charge is -2.25. The van der Waals surface area contributed by atoms with Gasteiger partial charge in [0.2, 0.25) is 0 Å². The van der Waals surface area contributed by atoms with Gasteiger partial charge in [-0.05, 0) is 51.2 Å². The molecule has 0 aliphatic carbocycles. The van der Waals surface area contributed by atoms with Gasteiger partial charge in [0.25, 0.3) is 0 Å². The van der Waals surface area contributed by atoms with E-state index in [9.17, 15) is 4.39 Å². The predicted molar refractivity (Wildman–Crippen MR) is 73.3 cm³/mol. The van der Waals surface area contributed by atoms with Gasteiger partial charge in [0, 0.05) is 30.9 Å². The molecule has 2 rings (SSSR count). The molecule has 1 aliphatic heterocycles. The Morgan fingerprint density at radius 2 is 2.17 bits per heavy atom. The van der Waals surface area contributed by atoms with Gasteiger partial charge in [0.05, 0.1) is 0 Å². The molecule has 0 radical (unpaired) electrons. The van der Waals surface area contributed by atoms with Crippen LogP contribution in [0.1, 0.15) is 24.9 Å². The molecular formula is C14H22FN3. The first-order valence-corrected chi connectivity index (χ1v) is 6.45. The van der Waals surface area contributed by atoms with E-state index in [1.807, 2.05) is 13.0 Å². The summed E-state index contributed by atoms with van der Waals surface area (Å²) in [6.07, 6.45) is 1.14. The first-order valence-electron chi connectivity index (χ1n) is 6.45. The van der Waals surface area contributed by atoms with E-state index in [0.29, 0.717) is 6.04 Å². The Hall–Kier alpha value is -1.13. The highest BCUT2D eigenvalue weighted by Crippen LogP contribution is 2.29. The molecular weight excluding hydrogens is 229 g/mol. The average molecular weight is 251 g/mol. The summed E-state index contributed by atoms with van der Waals surface area (Å²) in [6, 6.07) is 5.35. The average Bonchev–Trinajstić information content (AvgIpc) is 2.78. The minimum absolute atomic E-state index is 0.144. The molecule has 4 heteroatoms. The number of nitrogens with zero attached hydrogens (tertiary/aromatic N) is 2. The third-order valence-corrected chi connectivity index (χ3v) is 3.71. The Balaban J connectivity index is 2.24. The first kappa shape index (κ1) is 13.3. The molecule has 1 heterocycles. The predicted octanol–water partition coefficient (Wildman–Crippen LogP) is 1.99. The van der Waals surface area contributed by atoms with Gasteiger partial charge in [0.1, 0.15) is 5.82 Å². The topological polar surface area (TPSA) is 32.5 Å². The van der Waals surface area contributed by atoms with Crippen LogP contribution in [0.2, 0.25) is 0 Å². The summed E-state index contributed by atoms with van der Waals surface area (Å²) >= 11 is 0. The van der Waals surface area contributed by atoms with Crippen molar-refractivity contribution in [2.45, 2.75) is 25.4 Å². The molecule has 0 spiro atoms. The summed E-state index contributed by atoms with van der Waals surface area (Å²) in [4.78, 5) is 4.55. The Bertz CT molecular complexity index is 418. The van der Waals surface area contributed by atoms with Crippen molar-refractivity contribution in [3.05, 3.63) is 29.6 Å². The fourth-order valence-corrected chi connectivity index (χ4v) is 2.56. The minimum Gasteiger partial charge on any atom is -0.370 e. The van der Waals surface area contributed by atoms with Crippen LogP contribution in [0, 0.1) is 5.82 Å². The molecule has 0 aromatic heterocycles. The number of benzene rings is 1. The van der Waals surface area contributed by atoms with E-state index in [-0.39, 0.29) is 11.9 Å². The fourth-order valence-electron chi connectivity index (χ4n) is 2.56. The van der Waals surface area contributed by atoms with Crippen LogP contribution in [0.15, 0.2) is 18.2 Å². The maximum atomic E-state index is 13.3. The summed E-state index contributed by atoms with van der Waals surface area (Å²) in [6.45, 7) is 3.89. The number of rotatable bonds is 3. The summed E-state index contributed by atoms with van der Waals surface area (Å²) < 4.78 is 13.3. The summed E-state index contributed by atoms with van der Waals surface area (Å²) in [7, 11) is 4.20. The van der Waals surface area contributed by atoms with Crippen molar-refractivity contribution in [2.75, 3.05) is 32.1 Å². The number of likely N-dealkylation sites (N-methyl/N-ethyl adjacent to an activating group) is 1. The van der Waals surface area contributed by atoms with E-state index in [1.165, 1.54) is 6.07 Å². The number of anilines is 1. The van der Waals surface area contributed by atoms with Gasteiger partial charge in [-0.15, -0.1) is 0 Å². The van der Waals surface area contributed by atoms with Crippen LogP contribution in [-0.4, -0.2) is 38.1 Å². The van der Waals surface area contributed by atoms with E-state index in [1.54, 1.807) is 6.07 Å². The zero-order valence-corrected chi connectivity index (χ0v) is 11.4. The molecule has 0 bridgehead atoms. The molecule has 0 amide bonds. The van der Waals surface area contributed by atoms with Crippen LogP contribution in [0.4, 0.5) is 10.1 Å². The maximum absolute atomic E-state index is 13.3. The highest BCUT2D eigenvalue weighted by molar-refractivity contribution is 5.56. The van der Waals surface area contributed by atoms with Crippen LogP contribution < -0.4 is 10.6 Å². The Kier molecular flexibility index (Phi) is 3.88. The van der Waals surface area contributed by atoms with Crippen LogP contribution >= 0.6 is 0 Å². The van der Waals surface area contributed by atoms with E-state index >= 15 is 0 Å². The van der Waals surface area contributed by atoms with Crippen molar-refractivity contribution < 1.29 is 4.39 Å². The second kappa shape index (κ2) is 5.24. The van der Waals surface area contributed by atoms with Crippen LogP contribution in [-0.2, 0) is 0 Å². The Morgan fingerprint density at radius 3 is 2.72 bits per heavy atom. The lowest BCUT2D eigenvalue weighted by atomic mass is 10.1. The zero-order valence-electron chi connectivity index (χ0n) is 11.4. The molecule has 1 aromatic carbocycles. The maximum Gasteiger partial charge on any atom is 0.123 e. The van der Waals surface area contributed by atoms with Gasteiger partial charge in [-0.2, -0.15) is 0 Å². The SMILES string of the molecule is C[C@@H](N)c1cc(F)ccc1N1CCC(N(C)C)C1. The molecule has 1 fully saturated rings. The minimum atomic E-state index is -0.214. The van der Waals surface area contributed by atoms with E-state index in [4.69, 9.17) is 5.73 Å². The first-order chi connectivity index (χ1) is 8.49. The van der Waals surface area contributed by atoms with Crippen LogP contribution in [0.5, 0.6) is 0 Å². The van der Waals surface area contributed by atoms with Gasteiger partial charge in [-0.25, -0.2) is 4.39 Å². The van der Waals surface area contributed by atoms with Gasteiger partial charge in [0.15, 0.2) is 0 Å². The molecule has 1 aliphatic rings. The number of hydrogen-bond acceptors (Lipinski definition) is 3. The molecule has 100 valence electrons. The summed E-state index contributed by atoms with van der Waals surface area (Å²) in [5.41, 5.74) is 7.92. The summed E-state index contributed by atoms with van der Waals surface area (Å²) in [5, 5.41) is 0. The highest BCUT2D eigenvalue weighted by Gasteiger charge is 2.26. The third kappa shape index (κ3) is 2.65. The molecule has 3 nitrogen and oxygen atoms in total. The van der Waals surface area contributed by atoms with Crippen molar-refractivity contribution in [1.82, 2.24) is 4.90 Å². The normalized spacial score (nSPS) is 21.7. The molecule has 18 heavy (non-hydrogen) atoms. The zero-order chi connectivity index (χ0) is 13.3.